The Kier molecular flexibility index (Phi) is 9.96. The van der Waals surface area contributed by atoms with Crippen molar-refractivity contribution in [1.82, 2.24) is 0 Å². The van der Waals surface area contributed by atoms with Crippen molar-refractivity contribution in [2.45, 2.75) is 51.4 Å². The van der Waals surface area contributed by atoms with Gasteiger partial charge in [-0.2, -0.15) is 5.57 Å². The van der Waals surface area contributed by atoms with Crippen LogP contribution in [0.4, 0.5) is 0 Å². The second kappa shape index (κ2) is 11.4. The molecule has 0 bridgehead atoms. The van der Waals surface area contributed by atoms with Crippen LogP contribution in [0.25, 0.3) is 10.8 Å². The van der Waals surface area contributed by atoms with Gasteiger partial charge in [-0.25, -0.2) is 16.8 Å². The number of fused-ring (bicyclic) bond motifs is 2. The van der Waals surface area contributed by atoms with Crippen molar-refractivity contribution < 1.29 is 31.6 Å². The molecule has 0 saturated heterocycles. The van der Waals surface area contributed by atoms with Crippen molar-refractivity contribution in [3.8, 4) is 0 Å². The Balaban J connectivity index is 0.000000263. The van der Waals surface area contributed by atoms with Crippen molar-refractivity contribution in [3.05, 3.63) is 91.6 Å². The molecule has 0 spiro atoms. The van der Waals surface area contributed by atoms with Gasteiger partial charge in [-0.15, -0.1) is 12.0 Å². The first kappa shape index (κ1) is 25.3. The minimum absolute atomic E-state index is 0. The summed E-state index contributed by atoms with van der Waals surface area (Å²) < 4.78 is 0. The van der Waals surface area contributed by atoms with Crippen LogP contribution in [0.3, 0.4) is 0 Å². The van der Waals surface area contributed by atoms with Gasteiger partial charge in [0, 0.05) is 0 Å². The summed E-state index contributed by atoms with van der Waals surface area (Å²) in [5.41, 5.74) is 7.42. The third kappa shape index (κ3) is 5.44. The fraction of sp³-hybridized carbons (Fsp3) is 0.308. The Bertz CT molecular complexity index is 873. The number of benzene rings is 2. The maximum absolute atomic E-state index is 10.8. The number of hydrogen-bond acceptors (Lipinski definition) is 1. The number of allylic oxidation sites excluding steroid dienone is 4. The van der Waals surface area contributed by atoms with Gasteiger partial charge in [0.15, 0.2) is 0 Å². The molecule has 1 radical (unpaired) electrons. The van der Waals surface area contributed by atoms with E-state index >= 15 is 0 Å². The van der Waals surface area contributed by atoms with E-state index in [1.54, 1.807) is 34.4 Å². The molecular weight excluding hydrogens is 392 g/mol. The summed E-state index contributed by atoms with van der Waals surface area (Å²) in [6.45, 7) is 0. The first-order valence-corrected chi connectivity index (χ1v) is 9.71. The van der Waals surface area contributed by atoms with Gasteiger partial charge in [-0.1, -0.05) is 61.2 Å². The Morgan fingerprint density at radius 2 is 1.55 bits per heavy atom. The van der Waals surface area contributed by atoms with E-state index < -0.39 is 5.97 Å². The summed E-state index contributed by atoms with van der Waals surface area (Å²) in [6, 6.07) is 12.7. The number of carboxylic acid groups (broad SMARTS) is 1. The Hall–Kier alpha value is -1.77. The fourth-order valence-corrected chi connectivity index (χ4v) is 4.53. The zero-order chi connectivity index (χ0) is 17.9. The Morgan fingerprint density at radius 3 is 2.34 bits per heavy atom. The average Bonchev–Trinajstić information content (AvgIpc) is 3.07. The maximum atomic E-state index is 10.8. The topological polar surface area (TPSA) is 37.3 Å². The number of aromatic carboxylic acids is 1. The smallest absolute Gasteiger partial charge is 0.478 e. The molecule has 2 aromatic rings. The van der Waals surface area contributed by atoms with Gasteiger partial charge in [0.25, 0.3) is 0 Å². The summed E-state index contributed by atoms with van der Waals surface area (Å²) in [4.78, 5) is 10.8. The second-order valence-corrected chi connectivity index (χ2v) is 7.40. The minimum atomic E-state index is -0.878. The number of carbonyl (C=O) groups is 1. The van der Waals surface area contributed by atoms with Crippen LogP contribution in [0.1, 0.15) is 61.7 Å². The van der Waals surface area contributed by atoms with Crippen LogP contribution in [0.15, 0.2) is 64.8 Å². The number of carboxylic acids is 1. The molecule has 151 valence electrons. The van der Waals surface area contributed by atoms with Crippen LogP contribution in [-0.2, 0) is 21.7 Å². The van der Waals surface area contributed by atoms with E-state index in [-0.39, 0.29) is 36.6 Å². The molecule has 29 heavy (non-hydrogen) atoms. The molecule has 0 heterocycles. The SMILES string of the molecule is O=C(O)c1cccc2ccccc12.[CH-]1CCCC2=C1CC1=C2CCCC1.[CH3-].[CH3-].[Ti+3]. The molecule has 0 atom stereocenters. The fourth-order valence-electron chi connectivity index (χ4n) is 4.53. The number of rotatable bonds is 1. The Morgan fingerprint density at radius 1 is 0.862 bits per heavy atom. The van der Waals surface area contributed by atoms with Crippen LogP contribution in [-0.4, -0.2) is 11.1 Å². The Labute approximate surface area is 191 Å². The van der Waals surface area contributed by atoms with Crippen LogP contribution < -0.4 is 0 Å². The molecule has 0 aliphatic heterocycles. The first-order valence-electron chi connectivity index (χ1n) is 9.71. The second-order valence-electron chi connectivity index (χ2n) is 7.40. The van der Waals surface area contributed by atoms with Crippen LogP contribution in [0, 0.1) is 21.3 Å². The zero-order valence-electron chi connectivity index (χ0n) is 17.6. The summed E-state index contributed by atoms with van der Waals surface area (Å²) in [6.07, 6.45) is 13.6. The van der Waals surface area contributed by atoms with Gasteiger partial charge in [0.1, 0.15) is 0 Å². The van der Waals surface area contributed by atoms with E-state index in [1.807, 2.05) is 30.3 Å². The summed E-state index contributed by atoms with van der Waals surface area (Å²) >= 11 is 0. The van der Waals surface area contributed by atoms with Gasteiger partial charge >= 0.3 is 27.7 Å². The normalized spacial score (nSPS) is 16.7. The molecule has 0 aromatic heterocycles. The predicted molar refractivity (Wildman–Crippen MR) is 119 cm³/mol. The standard InChI is InChI=1S/C13H17.C11H8O2.2CH3.Ti/c1-3-7-12-10(5-1)9-11-6-2-4-8-13(11)12;12-11(13)10-7-3-5-8-4-1-2-6-9(8)10;;;/h5H,1-4,6-9H2;1-7H,(H,12,13);2*1H3;/q-1;;2*-1;+3. The van der Waals surface area contributed by atoms with Crippen molar-refractivity contribution in [2.24, 2.45) is 0 Å². The molecule has 0 fully saturated rings. The van der Waals surface area contributed by atoms with Gasteiger partial charge in [-0.3, -0.25) is 0 Å². The van der Waals surface area contributed by atoms with E-state index in [4.69, 9.17) is 5.11 Å². The first-order chi connectivity index (χ1) is 12.7. The molecule has 0 amide bonds. The molecule has 2 aromatic carbocycles. The van der Waals surface area contributed by atoms with Crippen LogP contribution >= 0.6 is 0 Å². The van der Waals surface area contributed by atoms with Crippen molar-refractivity contribution >= 4 is 16.7 Å². The van der Waals surface area contributed by atoms with Crippen molar-refractivity contribution in [1.29, 1.82) is 0 Å². The van der Waals surface area contributed by atoms with Crippen molar-refractivity contribution in [2.75, 3.05) is 0 Å². The molecule has 1 N–H and O–H groups in total. The van der Waals surface area contributed by atoms with E-state index in [9.17, 15) is 4.79 Å². The molecule has 3 aliphatic carbocycles. The molecule has 5 rings (SSSR count). The van der Waals surface area contributed by atoms with Gasteiger partial charge in [0.2, 0.25) is 0 Å². The van der Waals surface area contributed by atoms with Crippen molar-refractivity contribution in [3.63, 3.8) is 0 Å². The van der Waals surface area contributed by atoms with Crippen LogP contribution in [0.5, 0.6) is 0 Å². The quantitative estimate of drug-likeness (QED) is 0.384. The summed E-state index contributed by atoms with van der Waals surface area (Å²) in [5.74, 6) is -0.878. The molecule has 2 nitrogen and oxygen atoms in total. The van der Waals surface area contributed by atoms with Crippen LogP contribution in [0.2, 0.25) is 0 Å². The average molecular weight is 423 g/mol. The molecule has 3 heteroatoms. The third-order valence-corrected chi connectivity index (χ3v) is 5.78. The van der Waals surface area contributed by atoms with Gasteiger partial charge < -0.3 is 20.0 Å². The van der Waals surface area contributed by atoms with Gasteiger partial charge in [0.05, 0.1) is 5.56 Å². The van der Waals surface area contributed by atoms with E-state index in [0.29, 0.717) is 5.56 Å². The predicted octanol–water partition coefficient (Wildman–Crippen LogP) is 7.38. The summed E-state index contributed by atoms with van der Waals surface area (Å²) in [7, 11) is 0. The van der Waals surface area contributed by atoms with E-state index in [0.717, 1.165) is 10.8 Å². The largest absolute Gasteiger partial charge is 3.00 e. The van der Waals surface area contributed by atoms with Gasteiger partial charge in [-0.05, 0) is 42.5 Å². The minimum Gasteiger partial charge on any atom is -0.478 e. The summed E-state index contributed by atoms with van der Waals surface area (Å²) in [5, 5.41) is 10.6. The van der Waals surface area contributed by atoms with E-state index in [1.165, 1.54) is 51.4 Å². The molecule has 0 unspecified atom stereocenters. The molecule has 3 aliphatic rings. The maximum Gasteiger partial charge on any atom is 3.00 e. The third-order valence-electron chi connectivity index (χ3n) is 5.78. The monoisotopic (exact) mass is 423 g/mol. The zero-order valence-corrected chi connectivity index (χ0v) is 19.2. The number of hydrogen-bond donors (Lipinski definition) is 1. The molecule has 0 saturated carbocycles. The molecular formula is C26H31O2Ti. The van der Waals surface area contributed by atoms with E-state index in [2.05, 4.69) is 6.42 Å².